The molecule has 0 aliphatic carbocycles. The Bertz CT molecular complexity index is 553. The summed E-state index contributed by atoms with van der Waals surface area (Å²) in [6.07, 6.45) is 3.53. The fraction of sp³-hybridized carbons (Fsp3) is 0.353. The Labute approximate surface area is 126 Å². The molecule has 1 N–H and O–H groups in total. The fourth-order valence-electron chi connectivity index (χ4n) is 1.91. The minimum atomic E-state index is 0.623. The van der Waals surface area contributed by atoms with Gasteiger partial charge in [0, 0.05) is 18.3 Å². The van der Waals surface area contributed by atoms with Crippen LogP contribution in [0.3, 0.4) is 0 Å². The van der Waals surface area contributed by atoms with Crippen LogP contribution in [0.15, 0.2) is 42.7 Å². The lowest BCUT2D eigenvalue weighted by Crippen LogP contribution is -2.19. The highest BCUT2D eigenvalue weighted by molar-refractivity contribution is 5.37. The summed E-state index contributed by atoms with van der Waals surface area (Å²) in [5.41, 5.74) is 1.10. The summed E-state index contributed by atoms with van der Waals surface area (Å²) < 4.78 is 11.0. The molecule has 2 rings (SSSR count). The average molecular weight is 286 g/mol. The van der Waals surface area contributed by atoms with E-state index in [0.717, 1.165) is 35.9 Å². The molecule has 2 aromatic rings. The zero-order valence-corrected chi connectivity index (χ0v) is 12.8. The largest absolute Gasteiger partial charge is 0.497 e. The SMILES string of the molecule is COc1ccc(Oc2cnccc2CNCC(C)C)cc1. The van der Waals surface area contributed by atoms with Crippen LogP contribution in [-0.2, 0) is 6.54 Å². The standard InChI is InChI=1S/C17H22N2O2/c1-13(2)10-19-11-14-8-9-18-12-17(14)21-16-6-4-15(20-3)5-7-16/h4-9,12-13,19H,10-11H2,1-3H3. The van der Waals surface area contributed by atoms with E-state index in [4.69, 9.17) is 9.47 Å². The van der Waals surface area contributed by atoms with Crippen LogP contribution in [0.1, 0.15) is 19.4 Å². The molecule has 0 saturated carbocycles. The van der Waals surface area contributed by atoms with Gasteiger partial charge < -0.3 is 14.8 Å². The number of hydrogen-bond acceptors (Lipinski definition) is 4. The number of nitrogens with zero attached hydrogens (tertiary/aromatic N) is 1. The highest BCUT2D eigenvalue weighted by Crippen LogP contribution is 2.26. The van der Waals surface area contributed by atoms with Gasteiger partial charge in [0.25, 0.3) is 0 Å². The van der Waals surface area contributed by atoms with Crippen LogP contribution in [0.25, 0.3) is 0 Å². The molecule has 0 radical (unpaired) electrons. The van der Waals surface area contributed by atoms with Gasteiger partial charge in [-0.15, -0.1) is 0 Å². The van der Waals surface area contributed by atoms with E-state index >= 15 is 0 Å². The van der Waals surface area contributed by atoms with Crippen molar-refractivity contribution in [2.45, 2.75) is 20.4 Å². The molecule has 21 heavy (non-hydrogen) atoms. The molecule has 0 aliphatic heterocycles. The van der Waals surface area contributed by atoms with E-state index in [-0.39, 0.29) is 0 Å². The van der Waals surface area contributed by atoms with Gasteiger partial charge in [0.15, 0.2) is 0 Å². The van der Waals surface area contributed by atoms with Gasteiger partial charge in [-0.3, -0.25) is 4.98 Å². The van der Waals surface area contributed by atoms with E-state index in [1.807, 2.05) is 30.3 Å². The molecule has 0 amide bonds. The number of benzene rings is 1. The lowest BCUT2D eigenvalue weighted by atomic mass is 10.2. The molecule has 0 unspecified atom stereocenters. The van der Waals surface area contributed by atoms with Crippen molar-refractivity contribution in [3.8, 4) is 17.2 Å². The molecule has 112 valence electrons. The molecular formula is C17H22N2O2. The van der Waals surface area contributed by atoms with Crippen LogP contribution in [0.2, 0.25) is 0 Å². The minimum Gasteiger partial charge on any atom is -0.497 e. The van der Waals surface area contributed by atoms with Gasteiger partial charge >= 0.3 is 0 Å². The third-order valence-electron chi connectivity index (χ3n) is 3.03. The van der Waals surface area contributed by atoms with Crippen LogP contribution in [0.5, 0.6) is 17.2 Å². The Morgan fingerprint density at radius 3 is 2.48 bits per heavy atom. The van der Waals surface area contributed by atoms with Gasteiger partial charge in [0.2, 0.25) is 0 Å². The number of pyridine rings is 1. The molecule has 0 aliphatic rings. The second-order valence-electron chi connectivity index (χ2n) is 5.29. The second kappa shape index (κ2) is 7.64. The monoisotopic (exact) mass is 286 g/mol. The van der Waals surface area contributed by atoms with Crippen molar-refractivity contribution in [2.24, 2.45) is 5.92 Å². The van der Waals surface area contributed by atoms with Crippen LogP contribution in [0.4, 0.5) is 0 Å². The Morgan fingerprint density at radius 1 is 1.10 bits per heavy atom. The maximum absolute atomic E-state index is 5.91. The van der Waals surface area contributed by atoms with Crippen LogP contribution in [-0.4, -0.2) is 18.6 Å². The number of hydrogen-bond donors (Lipinski definition) is 1. The second-order valence-corrected chi connectivity index (χ2v) is 5.29. The number of nitrogens with one attached hydrogen (secondary N) is 1. The molecule has 1 aromatic heterocycles. The number of rotatable bonds is 7. The maximum Gasteiger partial charge on any atom is 0.150 e. The van der Waals surface area contributed by atoms with Gasteiger partial charge in [0.05, 0.1) is 13.3 Å². The Morgan fingerprint density at radius 2 is 1.81 bits per heavy atom. The smallest absolute Gasteiger partial charge is 0.150 e. The van der Waals surface area contributed by atoms with Crippen LogP contribution >= 0.6 is 0 Å². The first-order valence-electron chi connectivity index (χ1n) is 7.14. The van der Waals surface area contributed by atoms with Gasteiger partial charge in [0.1, 0.15) is 17.2 Å². The highest BCUT2D eigenvalue weighted by Gasteiger charge is 2.05. The van der Waals surface area contributed by atoms with Gasteiger partial charge in [-0.05, 0) is 42.8 Å². The highest BCUT2D eigenvalue weighted by atomic mass is 16.5. The molecule has 4 heteroatoms. The molecule has 0 bridgehead atoms. The predicted octanol–water partition coefficient (Wildman–Crippen LogP) is 3.63. The normalized spacial score (nSPS) is 10.7. The summed E-state index contributed by atoms with van der Waals surface area (Å²) in [6, 6.07) is 9.51. The summed E-state index contributed by atoms with van der Waals surface area (Å²) in [6.45, 7) is 6.12. The Balaban J connectivity index is 2.04. The lowest BCUT2D eigenvalue weighted by molar-refractivity contribution is 0.412. The van der Waals surface area contributed by atoms with E-state index in [2.05, 4.69) is 24.1 Å². The van der Waals surface area contributed by atoms with E-state index in [1.165, 1.54) is 0 Å². The lowest BCUT2D eigenvalue weighted by Gasteiger charge is -2.12. The van der Waals surface area contributed by atoms with E-state index in [1.54, 1.807) is 19.5 Å². The van der Waals surface area contributed by atoms with Crippen molar-refractivity contribution in [1.29, 1.82) is 0 Å². The van der Waals surface area contributed by atoms with Gasteiger partial charge in [-0.1, -0.05) is 13.8 Å². The maximum atomic E-state index is 5.91. The first-order chi connectivity index (χ1) is 10.2. The quantitative estimate of drug-likeness (QED) is 0.844. The fourth-order valence-corrected chi connectivity index (χ4v) is 1.91. The molecule has 0 fully saturated rings. The summed E-state index contributed by atoms with van der Waals surface area (Å²) in [5.74, 6) is 2.98. The van der Waals surface area contributed by atoms with E-state index in [9.17, 15) is 0 Å². The van der Waals surface area contributed by atoms with Crippen molar-refractivity contribution in [3.05, 3.63) is 48.3 Å². The van der Waals surface area contributed by atoms with Gasteiger partial charge in [-0.25, -0.2) is 0 Å². The summed E-state index contributed by atoms with van der Waals surface area (Å²) in [4.78, 5) is 4.14. The van der Waals surface area contributed by atoms with Crippen LogP contribution in [0, 0.1) is 5.92 Å². The summed E-state index contributed by atoms with van der Waals surface area (Å²) in [5, 5.41) is 3.42. The van der Waals surface area contributed by atoms with Crippen LogP contribution < -0.4 is 14.8 Å². The predicted molar refractivity (Wildman–Crippen MR) is 83.8 cm³/mol. The van der Waals surface area contributed by atoms with Crippen molar-refractivity contribution in [3.63, 3.8) is 0 Å². The first kappa shape index (κ1) is 15.3. The molecular weight excluding hydrogens is 264 g/mol. The Kier molecular flexibility index (Phi) is 5.58. The molecule has 1 aromatic carbocycles. The average Bonchev–Trinajstić information content (AvgIpc) is 2.49. The molecule has 0 saturated heterocycles. The van der Waals surface area contributed by atoms with Crippen molar-refractivity contribution in [1.82, 2.24) is 10.3 Å². The number of methoxy groups -OCH3 is 1. The molecule has 4 nitrogen and oxygen atoms in total. The summed E-state index contributed by atoms with van der Waals surface area (Å²) >= 11 is 0. The third kappa shape index (κ3) is 4.76. The molecule has 1 heterocycles. The van der Waals surface area contributed by atoms with E-state index in [0.29, 0.717) is 5.92 Å². The Hall–Kier alpha value is -2.07. The topological polar surface area (TPSA) is 43.4 Å². The third-order valence-corrected chi connectivity index (χ3v) is 3.03. The molecule has 0 spiro atoms. The zero-order valence-electron chi connectivity index (χ0n) is 12.8. The van der Waals surface area contributed by atoms with Gasteiger partial charge in [-0.2, -0.15) is 0 Å². The molecule has 0 atom stereocenters. The number of ether oxygens (including phenoxy) is 2. The zero-order chi connectivity index (χ0) is 15.1. The summed E-state index contributed by atoms with van der Waals surface area (Å²) in [7, 11) is 1.65. The number of aromatic nitrogens is 1. The van der Waals surface area contributed by atoms with Crippen molar-refractivity contribution >= 4 is 0 Å². The van der Waals surface area contributed by atoms with Crippen molar-refractivity contribution < 1.29 is 9.47 Å². The van der Waals surface area contributed by atoms with Crippen molar-refractivity contribution in [2.75, 3.05) is 13.7 Å². The van der Waals surface area contributed by atoms with E-state index < -0.39 is 0 Å². The minimum absolute atomic E-state index is 0.623. The first-order valence-corrected chi connectivity index (χ1v) is 7.14.